The monoisotopic (exact) mass is 271 g/mol. The maximum atomic E-state index is 11.4. The van der Waals surface area contributed by atoms with Gasteiger partial charge >= 0.3 is 5.97 Å². The number of benzene rings is 1. The molecule has 5 heteroatoms. The summed E-state index contributed by atoms with van der Waals surface area (Å²) < 4.78 is 1.99. The van der Waals surface area contributed by atoms with Crippen LogP contribution >= 0.6 is 0 Å². The molecule has 104 valence electrons. The molecular formula is C15H17N3O2. The predicted molar refractivity (Wildman–Crippen MR) is 75.7 cm³/mol. The molecule has 0 amide bonds. The molecule has 3 rings (SSSR count). The van der Waals surface area contributed by atoms with Crippen molar-refractivity contribution in [2.45, 2.75) is 18.9 Å². The molecule has 1 aliphatic heterocycles. The van der Waals surface area contributed by atoms with Gasteiger partial charge in [-0.1, -0.05) is 18.2 Å². The minimum absolute atomic E-state index is 0.394. The van der Waals surface area contributed by atoms with Gasteiger partial charge < -0.3 is 14.6 Å². The number of anilines is 1. The number of carbonyl (C=O) groups is 1. The van der Waals surface area contributed by atoms with Gasteiger partial charge in [0, 0.05) is 25.5 Å². The number of imidazole rings is 1. The lowest BCUT2D eigenvalue weighted by molar-refractivity contribution is -0.139. The lowest BCUT2D eigenvalue weighted by Gasteiger charge is -2.34. The van der Waals surface area contributed by atoms with Crippen LogP contribution in [0.15, 0.2) is 36.8 Å². The Bertz CT molecular complexity index is 636. The molecule has 0 bridgehead atoms. The van der Waals surface area contributed by atoms with Crippen molar-refractivity contribution in [3.63, 3.8) is 0 Å². The van der Waals surface area contributed by atoms with E-state index >= 15 is 0 Å². The van der Waals surface area contributed by atoms with Crippen LogP contribution in [0, 0.1) is 0 Å². The fourth-order valence-electron chi connectivity index (χ4n) is 2.78. The van der Waals surface area contributed by atoms with Gasteiger partial charge in [-0.15, -0.1) is 0 Å². The van der Waals surface area contributed by atoms with E-state index in [-0.39, 0.29) is 0 Å². The molecule has 0 fully saturated rings. The van der Waals surface area contributed by atoms with Crippen LogP contribution in [-0.2, 0) is 18.4 Å². The molecular weight excluding hydrogens is 254 g/mol. The molecule has 0 radical (unpaired) electrons. The van der Waals surface area contributed by atoms with Crippen molar-refractivity contribution in [3.05, 3.63) is 48.0 Å². The maximum Gasteiger partial charge on any atom is 0.311 e. The molecule has 2 aromatic rings. The molecule has 1 unspecified atom stereocenters. The Balaban J connectivity index is 1.93. The SMILES string of the molecule is Cn1cncc1CN1CCC(C(=O)O)c2ccccc21. The van der Waals surface area contributed by atoms with Crippen molar-refractivity contribution in [2.24, 2.45) is 7.05 Å². The number of hydrogen-bond acceptors (Lipinski definition) is 3. The van der Waals surface area contributed by atoms with E-state index in [9.17, 15) is 9.90 Å². The average Bonchev–Trinajstić information content (AvgIpc) is 2.84. The second kappa shape index (κ2) is 5.00. The Kier molecular flexibility index (Phi) is 3.18. The molecule has 20 heavy (non-hydrogen) atoms. The van der Waals surface area contributed by atoms with Crippen LogP contribution in [0.4, 0.5) is 5.69 Å². The number of carboxylic acids is 1. The van der Waals surface area contributed by atoms with Gasteiger partial charge in [0.05, 0.1) is 24.5 Å². The summed E-state index contributed by atoms with van der Waals surface area (Å²) in [6, 6.07) is 7.78. The number of rotatable bonds is 3. The molecule has 0 saturated carbocycles. The van der Waals surface area contributed by atoms with Gasteiger partial charge in [-0.2, -0.15) is 0 Å². The molecule has 0 aliphatic carbocycles. The molecule has 1 aromatic carbocycles. The fraction of sp³-hybridized carbons (Fsp3) is 0.333. The molecule has 1 aromatic heterocycles. The number of aryl methyl sites for hydroxylation is 1. The Morgan fingerprint density at radius 1 is 1.45 bits per heavy atom. The molecule has 0 spiro atoms. The first-order valence-corrected chi connectivity index (χ1v) is 6.68. The van der Waals surface area contributed by atoms with Gasteiger partial charge in [0.25, 0.3) is 0 Å². The first-order chi connectivity index (χ1) is 9.66. The average molecular weight is 271 g/mol. The van der Waals surface area contributed by atoms with Crippen molar-refractivity contribution >= 4 is 11.7 Å². The zero-order chi connectivity index (χ0) is 14.1. The number of fused-ring (bicyclic) bond motifs is 1. The Labute approximate surface area is 117 Å². The smallest absolute Gasteiger partial charge is 0.311 e. The van der Waals surface area contributed by atoms with E-state index in [0.717, 1.165) is 30.0 Å². The van der Waals surface area contributed by atoms with Crippen LogP contribution in [0.1, 0.15) is 23.6 Å². The number of aliphatic carboxylic acids is 1. The summed E-state index contributed by atoms with van der Waals surface area (Å²) in [7, 11) is 1.97. The van der Waals surface area contributed by atoms with Crippen molar-refractivity contribution in [1.82, 2.24) is 9.55 Å². The van der Waals surface area contributed by atoms with Gasteiger partial charge in [0.1, 0.15) is 0 Å². The van der Waals surface area contributed by atoms with Gasteiger partial charge in [0.15, 0.2) is 0 Å². The molecule has 0 saturated heterocycles. The minimum Gasteiger partial charge on any atom is -0.481 e. The van der Waals surface area contributed by atoms with Crippen LogP contribution < -0.4 is 4.90 Å². The maximum absolute atomic E-state index is 11.4. The van der Waals surface area contributed by atoms with Crippen molar-refractivity contribution < 1.29 is 9.90 Å². The lowest BCUT2D eigenvalue weighted by Crippen LogP contribution is -2.33. The number of nitrogens with zero attached hydrogens (tertiary/aromatic N) is 3. The third-order valence-corrected chi connectivity index (χ3v) is 3.91. The van der Waals surface area contributed by atoms with E-state index in [4.69, 9.17) is 0 Å². The van der Waals surface area contributed by atoms with Gasteiger partial charge in [-0.05, 0) is 18.1 Å². The minimum atomic E-state index is -0.738. The third-order valence-electron chi connectivity index (χ3n) is 3.91. The summed E-state index contributed by atoms with van der Waals surface area (Å²) >= 11 is 0. The van der Waals surface area contributed by atoms with Gasteiger partial charge in [-0.3, -0.25) is 4.79 Å². The number of hydrogen-bond donors (Lipinski definition) is 1. The van der Waals surface area contributed by atoms with Gasteiger partial charge in [0.2, 0.25) is 0 Å². The lowest BCUT2D eigenvalue weighted by atomic mass is 9.90. The van der Waals surface area contributed by atoms with Crippen molar-refractivity contribution in [2.75, 3.05) is 11.4 Å². The summed E-state index contributed by atoms with van der Waals surface area (Å²) in [5, 5.41) is 9.34. The van der Waals surface area contributed by atoms with E-state index < -0.39 is 11.9 Å². The Morgan fingerprint density at radius 3 is 2.95 bits per heavy atom. The second-order valence-corrected chi connectivity index (χ2v) is 5.16. The highest BCUT2D eigenvalue weighted by Gasteiger charge is 2.29. The normalized spacial score (nSPS) is 17.9. The largest absolute Gasteiger partial charge is 0.481 e. The van der Waals surface area contributed by atoms with E-state index in [1.165, 1.54) is 0 Å². The summed E-state index contributed by atoms with van der Waals surface area (Å²) in [5.74, 6) is -1.13. The number of aromatic nitrogens is 2. The zero-order valence-electron chi connectivity index (χ0n) is 11.4. The second-order valence-electron chi connectivity index (χ2n) is 5.16. The molecule has 2 heterocycles. The predicted octanol–water partition coefficient (Wildman–Crippen LogP) is 2.00. The first kappa shape index (κ1) is 12.7. The Hall–Kier alpha value is -2.30. The number of para-hydroxylation sites is 1. The first-order valence-electron chi connectivity index (χ1n) is 6.68. The third kappa shape index (κ3) is 2.15. The summed E-state index contributed by atoms with van der Waals surface area (Å²) in [6.45, 7) is 1.50. The molecule has 5 nitrogen and oxygen atoms in total. The van der Waals surface area contributed by atoms with Crippen LogP contribution in [0.5, 0.6) is 0 Å². The summed E-state index contributed by atoms with van der Waals surface area (Å²) in [5.41, 5.74) is 3.05. The van der Waals surface area contributed by atoms with Crippen LogP contribution in [0.3, 0.4) is 0 Å². The van der Waals surface area contributed by atoms with Crippen molar-refractivity contribution in [3.8, 4) is 0 Å². The summed E-state index contributed by atoms with van der Waals surface area (Å²) in [6.07, 6.45) is 4.28. The molecule has 1 atom stereocenters. The summed E-state index contributed by atoms with van der Waals surface area (Å²) in [4.78, 5) is 17.7. The van der Waals surface area contributed by atoms with Crippen molar-refractivity contribution in [1.29, 1.82) is 0 Å². The molecule has 1 N–H and O–H groups in total. The van der Waals surface area contributed by atoms with E-state index in [1.54, 1.807) is 6.33 Å². The number of carboxylic acid groups (broad SMARTS) is 1. The van der Waals surface area contributed by atoms with Crippen LogP contribution in [-0.4, -0.2) is 27.2 Å². The quantitative estimate of drug-likeness (QED) is 0.927. The van der Waals surface area contributed by atoms with Crippen LogP contribution in [0.2, 0.25) is 0 Å². The highest BCUT2D eigenvalue weighted by atomic mass is 16.4. The zero-order valence-corrected chi connectivity index (χ0v) is 11.4. The van der Waals surface area contributed by atoms with Gasteiger partial charge in [-0.25, -0.2) is 4.98 Å². The van der Waals surface area contributed by atoms with E-state index in [0.29, 0.717) is 6.42 Å². The van der Waals surface area contributed by atoms with Crippen LogP contribution in [0.25, 0.3) is 0 Å². The van der Waals surface area contributed by atoms with E-state index in [1.807, 2.05) is 42.1 Å². The highest BCUT2D eigenvalue weighted by molar-refractivity contribution is 5.80. The molecule has 1 aliphatic rings. The topological polar surface area (TPSA) is 58.4 Å². The Morgan fingerprint density at radius 2 is 2.25 bits per heavy atom. The fourth-order valence-corrected chi connectivity index (χ4v) is 2.78. The highest BCUT2D eigenvalue weighted by Crippen LogP contribution is 2.35. The van der Waals surface area contributed by atoms with E-state index in [2.05, 4.69) is 9.88 Å². The standard InChI is InChI=1S/C15H17N3O2/c1-17-10-16-8-11(17)9-18-7-6-13(15(19)20)12-4-2-3-5-14(12)18/h2-5,8,10,13H,6-7,9H2,1H3,(H,19,20).